The van der Waals surface area contributed by atoms with Crippen molar-refractivity contribution in [1.29, 1.82) is 0 Å². The van der Waals surface area contributed by atoms with Crippen LogP contribution in [0.3, 0.4) is 0 Å². The number of methoxy groups -OCH3 is 1. The summed E-state index contributed by atoms with van der Waals surface area (Å²) in [4.78, 5) is 16.7. The van der Waals surface area contributed by atoms with Crippen molar-refractivity contribution in [2.75, 3.05) is 32.1 Å². The second kappa shape index (κ2) is 5.89. The third-order valence-corrected chi connectivity index (χ3v) is 5.65. The number of anilines is 1. The topological polar surface area (TPSA) is 32.8 Å². The Balaban J connectivity index is 1.96. The van der Waals surface area contributed by atoms with Crippen LogP contribution in [0.2, 0.25) is 0 Å². The summed E-state index contributed by atoms with van der Waals surface area (Å²) in [6.07, 6.45) is 0. The minimum Gasteiger partial charge on any atom is -0.465 e. The van der Waals surface area contributed by atoms with Crippen molar-refractivity contribution in [3.63, 3.8) is 0 Å². The van der Waals surface area contributed by atoms with Gasteiger partial charge in [-0.05, 0) is 39.1 Å². The zero-order valence-corrected chi connectivity index (χ0v) is 14.3. The molecule has 0 radical (unpaired) electrons. The molecular weight excluding hydrogens is 296 g/mol. The molecule has 0 unspecified atom stereocenters. The lowest BCUT2D eigenvalue weighted by atomic mass is 10.1. The summed E-state index contributed by atoms with van der Waals surface area (Å²) in [6.45, 7) is 6.52. The van der Waals surface area contributed by atoms with Crippen LogP contribution in [-0.2, 0) is 4.74 Å². The van der Waals surface area contributed by atoms with Crippen molar-refractivity contribution in [1.82, 2.24) is 4.90 Å². The summed E-state index contributed by atoms with van der Waals surface area (Å²) in [6, 6.07) is 7.42. The highest BCUT2D eigenvalue weighted by molar-refractivity contribution is 7.17. The number of hydrogen-bond donors (Lipinski definition) is 0. The lowest BCUT2D eigenvalue weighted by Gasteiger charge is -2.43. The van der Waals surface area contributed by atoms with E-state index in [1.165, 1.54) is 12.8 Å². The van der Waals surface area contributed by atoms with Crippen LogP contribution >= 0.6 is 11.3 Å². The summed E-state index contributed by atoms with van der Waals surface area (Å²) in [5.41, 5.74) is 1.85. The Morgan fingerprint density at radius 3 is 2.59 bits per heavy atom. The number of likely N-dealkylation sites (N-methyl/N-ethyl adjacent to an activating group) is 1. The van der Waals surface area contributed by atoms with Crippen LogP contribution in [-0.4, -0.2) is 50.2 Å². The Kier molecular flexibility index (Phi) is 4.10. The highest BCUT2D eigenvalue weighted by Crippen LogP contribution is 2.31. The minimum absolute atomic E-state index is 0.261. The van der Waals surface area contributed by atoms with E-state index < -0.39 is 0 Å². The highest BCUT2D eigenvalue weighted by atomic mass is 32.1. The van der Waals surface area contributed by atoms with E-state index in [0.29, 0.717) is 17.6 Å². The summed E-state index contributed by atoms with van der Waals surface area (Å²) >= 11 is 1.59. The fourth-order valence-electron chi connectivity index (χ4n) is 3.10. The molecule has 0 bridgehead atoms. The number of carbonyl (C=O) groups is 1. The van der Waals surface area contributed by atoms with Crippen molar-refractivity contribution in [2.24, 2.45) is 0 Å². The molecular formula is C17H22N2O2S. The van der Waals surface area contributed by atoms with Gasteiger partial charge in [0.1, 0.15) is 0 Å². The fourth-order valence-corrected chi connectivity index (χ4v) is 4.01. The maximum absolute atomic E-state index is 11.9. The number of ether oxygens (including phenoxy) is 1. The van der Waals surface area contributed by atoms with E-state index in [1.54, 1.807) is 11.3 Å². The molecule has 5 heteroatoms. The van der Waals surface area contributed by atoms with E-state index in [-0.39, 0.29) is 5.97 Å². The molecule has 2 heterocycles. The average molecular weight is 318 g/mol. The zero-order valence-electron chi connectivity index (χ0n) is 13.5. The van der Waals surface area contributed by atoms with Crippen LogP contribution in [0.1, 0.15) is 24.2 Å². The second-order valence-corrected chi connectivity index (χ2v) is 7.00. The lowest BCUT2D eigenvalue weighted by Crippen LogP contribution is -2.55. The molecule has 0 aliphatic carbocycles. The van der Waals surface area contributed by atoms with Gasteiger partial charge < -0.3 is 9.64 Å². The summed E-state index contributed by atoms with van der Waals surface area (Å²) in [7, 11) is 3.61. The van der Waals surface area contributed by atoms with Crippen LogP contribution in [0, 0.1) is 0 Å². The first-order valence-corrected chi connectivity index (χ1v) is 8.45. The largest absolute Gasteiger partial charge is 0.465 e. The number of benzene rings is 1. The fraction of sp³-hybridized carbons (Fsp3) is 0.471. The smallest absolute Gasteiger partial charge is 0.339 e. The molecule has 4 nitrogen and oxygen atoms in total. The molecule has 1 aliphatic heterocycles. The number of hydrogen-bond acceptors (Lipinski definition) is 5. The van der Waals surface area contributed by atoms with Gasteiger partial charge in [0.2, 0.25) is 0 Å². The van der Waals surface area contributed by atoms with Crippen LogP contribution in [0.25, 0.3) is 10.1 Å². The number of carbonyl (C=O) groups excluding carboxylic acids is 1. The Morgan fingerprint density at radius 2 is 1.95 bits per heavy atom. The maximum Gasteiger partial charge on any atom is 0.339 e. The predicted octanol–water partition coefficient (Wildman–Crippen LogP) is 3.22. The Morgan fingerprint density at radius 1 is 1.27 bits per heavy atom. The summed E-state index contributed by atoms with van der Waals surface area (Å²) < 4.78 is 6.01. The molecule has 1 saturated heterocycles. The molecule has 2 aromatic rings. The molecule has 2 atom stereocenters. The average Bonchev–Trinajstić information content (AvgIpc) is 2.94. The van der Waals surface area contributed by atoms with E-state index in [9.17, 15) is 4.79 Å². The number of fused-ring (bicyclic) bond motifs is 1. The number of piperazine rings is 1. The number of thiophene rings is 1. The van der Waals surface area contributed by atoms with E-state index >= 15 is 0 Å². The van der Waals surface area contributed by atoms with Crippen molar-refractivity contribution in [3.8, 4) is 0 Å². The third-order valence-electron chi connectivity index (χ3n) is 4.69. The molecule has 0 N–H and O–H groups in total. The second-order valence-electron chi connectivity index (χ2n) is 6.09. The molecule has 1 fully saturated rings. The Bertz CT molecular complexity index is 685. The van der Waals surface area contributed by atoms with Gasteiger partial charge >= 0.3 is 5.97 Å². The molecule has 1 aromatic heterocycles. The van der Waals surface area contributed by atoms with E-state index in [0.717, 1.165) is 23.2 Å². The van der Waals surface area contributed by atoms with Gasteiger partial charge in [-0.25, -0.2) is 4.79 Å². The summed E-state index contributed by atoms with van der Waals surface area (Å²) in [5.74, 6) is -0.261. The van der Waals surface area contributed by atoms with Gasteiger partial charge in [-0.1, -0.05) is 0 Å². The SMILES string of the molecule is COC(=O)c1csc2ccc(N3C[C@@H](C)N(C)[C@@H](C)C3)cc12. The van der Waals surface area contributed by atoms with Gasteiger partial charge in [-0.3, -0.25) is 4.90 Å². The molecule has 1 aromatic carbocycles. The minimum atomic E-state index is -0.261. The number of esters is 1. The molecule has 3 rings (SSSR count). The lowest BCUT2D eigenvalue weighted by molar-refractivity contribution is 0.0603. The highest BCUT2D eigenvalue weighted by Gasteiger charge is 2.27. The predicted molar refractivity (Wildman–Crippen MR) is 92.1 cm³/mol. The molecule has 1 aliphatic rings. The zero-order chi connectivity index (χ0) is 15.9. The Labute approximate surface area is 135 Å². The van der Waals surface area contributed by atoms with Gasteiger partial charge in [0.05, 0.1) is 12.7 Å². The van der Waals surface area contributed by atoms with Gasteiger partial charge in [-0.15, -0.1) is 11.3 Å². The summed E-state index contributed by atoms with van der Waals surface area (Å²) in [5, 5.41) is 2.88. The monoisotopic (exact) mass is 318 g/mol. The number of rotatable bonds is 2. The van der Waals surface area contributed by atoms with Crippen molar-refractivity contribution >= 4 is 33.1 Å². The first kappa shape index (κ1) is 15.3. The van der Waals surface area contributed by atoms with Gasteiger partial charge in [0.25, 0.3) is 0 Å². The molecule has 0 amide bonds. The van der Waals surface area contributed by atoms with E-state index in [2.05, 4.69) is 48.9 Å². The quantitative estimate of drug-likeness (QED) is 0.796. The first-order chi connectivity index (χ1) is 10.5. The van der Waals surface area contributed by atoms with Crippen molar-refractivity contribution < 1.29 is 9.53 Å². The van der Waals surface area contributed by atoms with E-state index in [4.69, 9.17) is 4.74 Å². The van der Waals surface area contributed by atoms with Crippen molar-refractivity contribution in [2.45, 2.75) is 25.9 Å². The Hall–Kier alpha value is -1.59. The standard InChI is InChI=1S/C17H22N2O2S/c1-11-8-19(9-12(2)18(11)3)13-5-6-16-14(7-13)15(10-22-16)17(20)21-4/h5-7,10-12H,8-9H2,1-4H3/t11-,12+. The van der Waals surface area contributed by atoms with Gasteiger partial charge in [0.15, 0.2) is 0 Å². The normalized spacial score (nSPS) is 23.0. The van der Waals surface area contributed by atoms with Crippen LogP contribution in [0.4, 0.5) is 5.69 Å². The molecule has 0 saturated carbocycles. The third kappa shape index (κ3) is 2.59. The number of nitrogens with zero attached hydrogens (tertiary/aromatic N) is 2. The van der Waals surface area contributed by atoms with Crippen LogP contribution < -0.4 is 4.90 Å². The van der Waals surface area contributed by atoms with E-state index in [1.807, 2.05) is 5.38 Å². The molecule has 0 spiro atoms. The first-order valence-electron chi connectivity index (χ1n) is 7.57. The van der Waals surface area contributed by atoms with Crippen LogP contribution in [0.5, 0.6) is 0 Å². The van der Waals surface area contributed by atoms with Crippen molar-refractivity contribution in [3.05, 3.63) is 29.1 Å². The molecule has 118 valence electrons. The molecule has 22 heavy (non-hydrogen) atoms. The van der Waals surface area contributed by atoms with Gasteiger partial charge in [-0.2, -0.15) is 0 Å². The van der Waals surface area contributed by atoms with Gasteiger partial charge in [0, 0.05) is 46.3 Å². The van der Waals surface area contributed by atoms with Crippen LogP contribution in [0.15, 0.2) is 23.6 Å². The maximum atomic E-state index is 11.9.